The molecule has 17 heavy (non-hydrogen) atoms. The molecule has 1 aliphatic rings. The molecule has 0 spiro atoms. The van der Waals surface area contributed by atoms with Crippen LogP contribution >= 0.6 is 0 Å². The molecule has 0 saturated carbocycles. The number of aromatic nitrogens is 1. The van der Waals surface area contributed by atoms with Crippen molar-refractivity contribution in [2.45, 2.75) is 30.8 Å². The molecular weight excluding hydrogens is 238 g/mol. The molecule has 1 aliphatic heterocycles. The quantitative estimate of drug-likeness (QED) is 0.835. The van der Waals surface area contributed by atoms with Gasteiger partial charge < -0.3 is 5.73 Å². The SMILES string of the molecule is Cc1ccnc(S(=O)(=O)N2CCC[C@H](N)C2)c1. The van der Waals surface area contributed by atoms with Gasteiger partial charge in [0.1, 0.15) is 0 Å². The van der Waals surface area contributed by atoms with E-state index in [1.165, 1.54) is 10.5 Å². The molecule has 6 heteroatoms. The smallest absolute Gasteiger partial charge is 0.260 e. The molecule has 1 atom stereocenters. The minimum atomic E-state index is -3.48. The second-order valence-electron chi connectivity index (χ2n) is 4.44. The van der Waals surface area contributed by atoms with Gasteiger partial charge in [0, 0.05) is 25.3 Å². The van der Waals surface area contributed by atoms with Gasteiger partial charge in [-0.1, -0.05) is 0 Å². The molecule has 2 N–H and O–H groups in total. The molecule has 1 aromatic heterocycles. The second kappa shape index (κ2) is 4.72. The van der Waals surface area contributed by atoms with Gasteiger partial charge >= 0.3 is 0 Å². The van der Waals surface area contributed by atoms with Gasteiger partial charge in [-0.25, -0.2) is 13.4 Å². The molecule has 0 amide bonds. The van der Waals surface area contributed by atoms with Crippen molar-refractivity contribution in [1.29, 1.82) is 0 Å². The summed E-state index contributed by atoms with van der Waals surface area (Å²) in [5.74, 6) is 0. The Labute approximate surface area is 102 Å². The van der Waals surface area contributed by atoms with E-state index in [0.717, 1.165) is 18.4 Å². The zero-order chi connectivity index (χ0) is 12.5. The third-order valence-corrected chi connectivity index (χ3v) is 4.68. The largest absolute Gasteiger partial charge is 0.327 e. The van der Waals surface area contributed by atoms with Gasteiger partial charge in [-0.15, -0.1) is 0 Å². The first kappa shape index (κ1) is 12.5. The van der Waals surface area contributed by atoms with Crippen molar-refractivity contribution in [2.75, 3.05) is 13.1 Å². The maximum absolute atomic E-state index is 12.3. The summed E-state index contributed by atoms with van der Waals surface area (Å²) in [7, 11) is -3.48. The van der Waals surface area contributed by atoms with Crippen molar-refractivity contribution >= 4 is 10.0 Å². The Hall–Kier alpha value is -0.980. The van der Waals surface area contributed by atoms with E-state index < -0.39 is 10.0 Å². The predicted octanol–water partition coefficient (Wildman–Crippen LogP) is 0.502. The molecule has 0 aromatic carbocycles. The van der Waals surface area contributed by atoms with Crippen LogP contribution in [-0.4, -0.2) is 36.8 Å². The third-order valence-electron chi connectivity index (χ3n) is 2.92. The fourth-order valence-corrected chi connectivity index (χ4v) is 3.52. The number of hydrogen-bond donors (Lipinski definition) is 1. The van der Waals surface area contributed by atoms with Crippen LogP contribution in [0.5, 0.6) is 0 Å². The molecule has 94 valence electrons. The molecule has 0 radical (unpaired) electrons. The maximum atomic E-state index is 12.3. The highest BCUT2D eigenvalue weighted by Gasteiger charge is 2.29. The van der Waals surface area contributed by atoms with Crippen molar-refractivity contribution in [3.05, 3.63) is 23.9 Å². The average molecular weight is 255 g/mol. The fourth-order valence-electron chi connectivity index (χ4n) is 1.97. The van der Waals surface area contributed by atoms with Crippen molar-refractivity contribution in [2.24, 2.45) is 5.73 Å². The molecule has 5 nitrogen and oxygen atoms in total. The van der Waals surface area contributed by atoms with Crippen LogP contribution in [0.25, 0.3) is 0 Å². The van der Waals surface area contributed by atoms with E-state index in [-0.39, 0.29) is 11.1 Å². The van der Waals surface area contributed by atoms with Gasteiger partial charge in [-0.3, -0.25) is 0 Å². The molecule has 1 aromatic rings. The summed E-state index contributed by atoms with van der Waals surface area (Å²) in [5, 5.41) is 0.117. The average Bonchev–Trinajstić information content (AvgIpc) is 2.29. The predicted molar refractivity (Wildman–Crippen MR) is 64.9 cm³/mol. The Balaban J connectivity index is 2.29. The van der Waals surface area contributed by atoms with E-state index in [4.69, 9.17) is 5.73 Å². The second-order valence-corrected chi connectivity index (χ2v) is 6.32. The van der Waals surface area contributed by atoms with Crippen LogP contribution in [-0.2, 0) is 10.0 Å². The summed E-state index contributed by atoms with van der Waals surface area (Å²) in [6.45, 7) is 2.77. The Morgan fingerprint density at radius 1 is 1.53 bits per heavy atom. The van der Waals surface area contributed by atoms with Crippen LogP contribution in [0.4, 0.5) is 0 Å². The lowest BCUT2D eigenvalue weighted by Crippen LogP contribution is -2.45. The van der Waals surface area contributed by atoms with Gasteiger partial charge in [0.05, 0.1) is 0 Å². The summed E-state index contributed by atoms with van der Waals surface area (Å²) in [6.07, 6.45) is 3.21. The van der Waals surface area contributed by atoms with E-state index in [1.54, 1.807) is 12.1 Å². The van der Waals surface area contributed by atoms with Gasteiger partial charge in [-0.2, -0.15) is 4.31 Å². The Kier molecular flexibility index (Phi) is 3.46. The Morgan fingerprint density at radius 3 is 2.94 bits per heavy atom. The van der Waals surface area contributed by atoms with Crippen LogP contribution in [0.3, 0.4) is 0 Å². The molecule has 1 fully saturated rings. The van der Waals surface area contributed by atoms with Gasteiger partial charge in [0.25, 0.3) is 10.0 Å². The number of aryl methyl sites for hydroxylation is 1. The highest BCUT2D eigenvalue weighted by molar-refractivity contribution is 7.89. The Bertz CT molecular complexity index is 501. The zero-order valence-corrected chi connectivity index (χ0v) is 10.7. The van der Waals surface area contributed by atoms with Gasteiger partial charge in [-0.05, 0) is 37.5 Å². The standard InChI is InChI=1S/C11H17N3O2S/c1-9-4-5-13-11(7-9)17(15,16)14-6-2-3-10(12)8-14/h4-5,7,10H,2-3,6,8,12H2,1H3/t10-/m0/s1. The monoisotopic (exact) mass is 255 g/mol. The van der Waals surface area contributed by atoms with Crippen LogP contribution in [0.1, 0.15) is 18.4 Å². The first-order valence-corrected chi connectivity index (χ1v) is 7.12. The fraction of sp³-hybridized carbons (Fsp3) is 0.545. The minimum Gasteiger partial charge on any atom is -0.327 e. The first-order chi connectivity index (χ1) is 8.00. The van der Waals surface area contributed by atoms with Crippen molar-refractivity contribution in [1.82, 2.24) is 9.29 Å². The lowest BCUT2D eigenvalue weighted by Gasteiger charge is -2.29. The molecule has 1 saturated heterocycles. The van der Waals surface area contributed by atoms with Crippen molar-refractivity contribution in [3.63, 3.8) is 0 Å². The van der Waals surface area contributed by atoms with Crippen LogP contribution in [0.15, 0.2) is 23.4 Å². The van der Waals surface area contributed by atoms with E-state index in [9.17, 15) is 8.42 Å². The number of pyridine rings is 1. The van der Waals surface area contributed by atoms with Crippen LogP contribution in [0.2, 0.25) is 0 Å². The number of nitrogens with zero attached hydrogens (tertiary/aromatic N) is 2. The number of hydrogen-bond acceptors (Lipinski definition) is 4. The summed E-state index contributed by atoms with van der Waals surface area (Å²) >= 11 is 0. The van der Waals surface area contributed by atoms with Gasteiger partial charge in [0.15, 0.2) is 5.03 Å². The van der Waals surface area contributed by atoms with Crippen LogP contribution in [0, 0.1) is 6.92 Å². The molecule has 2 rings (SSSR count). The lowest BCUT2D eigenvalue weighted by atomic mass is 10.1. The summed E-state index contributed by atoms with van der Waals surface area (Å²) < 4.78 is 26.0. The van der Waals surface area contributed by atoms with Gasteiger partial charge in [0.2, 0.25) is 0 Å². The summed E-state index contributed by atoms with van der Waals surface area (Å²) in [5.41, 5.74) is 6.69. The normalized spacial score (nSPS) is 22.6. The number of nitrogens with two attached hydrogens (primary N) is 1. The zero-order valence-electron chi connectivity index (χ0n) is 9.83. The number of rotatable bonds is 2. The molecule has 0 aliphatic carbocycles. The minimum absolute atomic E-state index is 0.0664. The summed E-state index contributed by atoms with van der Waals surface area (Å²) in [6, 6.07) is 3.31. The Morgan fingerprint density at radius 2 is 2.29 bits per heavy atom. The highest BCUT2D eigenvalue weighted by atomic mass is 32.2. The van der Waals surface area contributed by atoms with E-state index in [2.05, 4.69) is 4.98 Å². The molecule has 2 heterocycles. The molecule has 0 unspecified atom stereocenters. The lowest BCUT2D eigenvalue weighted by molar-refractivity contribution is 0.315. The summed E-state index contributed by atoms with van der Waals surface area (Å²) in [4.78, 5) is 3.94. The van der Waals surface area contributed by atoms with E-state index in [1.807, 2.05) is 6.92 Å². The molecular formula is C11H17N3O2S. The first-order valence-electron chi connectivity index (χ1n) is 5.68. The van der Waals surface area contributed by atoms with E-state index >= 15 is 0 Å². The van der Waals surface area contributed by atoms with Crippen molar-refractivity contribution in [3.8, 4) is 0 Å². The third kappa shape index (κ3) is 2.65. The van der Waals surface area contributed by atoms with Crippen molar-refractivity contribution < 1.29 is 8.42 Å². The van der Waals surface area contributed by atoms with E-state index in [0.29, 0.717) is 13.1 Å². The number of sulfonamides is 1. The highest BCUT2D eigenvalue weighted by Crippen LogP contribution is 2.18. The van der Waals surface area contributed by atoms with Crippen LogP contribution < -0.4 is 5.73 Å². The maximum Gasteiger partial charge on any atom is 0.260 e. The molecule has 0 bridgehead atoms. The topological polar surface area (TPSA) is 76.3 Å². The number of piperidine rings is 1.